The third-order valence-corrected chi connectivity index (χ3v) is 6.13. The van der Waals surface area contributed by atoms with Gasteiger partial charge in [-0.1, -0.05) is 24.3 Å². The fourth-order valence-corrected chi connectivity index (χ4v) is 4.92. The molecule has 2 aromatic heterocycles. The Kier molecular flexibility index (Phi) is 2.85. The van der Waals surface area contributed by atoms with Gasteiger partial charge in [0.15, 0.2) is 0 Å². The van der Waals surface area contributed by atoms with Crippen molar-refractivity contribution in [1.82, 2.24) is 9.55 Å². The first-order valence-electron chi connectivity index (χ1n) is 9.49. The molecule has 3 heterocycles. The Balaban J connectivity index is 1.60. The first-order chi connectivity index (χ1) is 13.2. The van der Waals surface area contributed by atoms with E-state index in [0.29, 0.717) is 0 Å². The summed E-state index contributed by atoms with van der Waals surface area (Å²) in [7, 11) is 0. The molecule has 0 spiro atoms. The Bertz CT molecular complexity index is 1250. The van der Waals surface area contributed by atoms with Gasteiger partial charge < -0.3 is 0 Å². The van der Waals surface area contributed by atoms with Gasteiger partial charge in [-0.15, -0.1) is 0 Å². The van der Waals surface area contributed by atoms with Crippen molar-refractivity contribution < 1.29 is 4.57 Å². The first-order valence-corrected chi connectivity index (χ1v) is 9.49. The number of aryl methyl sites for hydroxylation is 1. The summed E-state index contributed by atoms with van der Waals surface area (Å²) in [5.74, 6) is 1.28. The standard InChI is InChI=1S/C24H20N3/c1-15-12-21-19-8-5-9-25-22(19)13-20(21)16(2)23(15)27-11-10-26-14-17-6-3-4-7-18(17)24(26)27/h3-12H,13-14H2,1-2H3/q+1. The van der Waals surface area contributed by atoms with Crippen LogP contribution >= 0.6 is 0 Å². The monoisotopic (exact) mass is 350 g/mol. The van der Waals surface area contributed by atoms with Crippen LogP contribution in [0.3, 0.4) is 0 Å². The summed E-state index contributed by atoms with van der Waals surface area (Å²) in [6.45, 7) is 5.46. The minimum Gasteiger partial charge on any atom is -0.260 e. The number of imidazole rings is 1. The van der Waals surface area contributed by atoms with Gasteiger partial charge in [0.05, 0.1) is 11.3 Å². The minimum atomic E-state index is 0.928. The smallest absolute Gasteiger partial charge is 0.260 e. The molecule has 0 saturated heterocycles. The van der Waals surface area contributed by atoms with E-state index in [1.54, 1.807) is 0 Å². The number of benzene rings is 2. The molecule has 2 aromatic carbocycles. The number of rotatable bonds is 1. The molecule has 4 aromatic rings. The summed E-state index contributed by atoms with van der Waals surface area (Å²) in [4.78, 5) is 4.61. The lowest BCUT2D eigenvalue weighted by Gasteiger charge is -2.13. The SMILES string of the molecule is Cc1cc2c(c(C)c1-n1cc[n+]3c1-c1ccccc1C3)Cc1ncccc1-2. The van der Waals surface area contributed by atoms with Crippen molar-refractivity contribution in [2.75, 3.05) is 0 Å². The fourth-order valence-electron chi connectivity index (χ4n) is 4.92. The highest BCUT2D eigenvalue weighted by Crippen LogP contribution is 2.41. The van der Waals surface area contributed by atoms with E-state index in [-0.39, 0.29) is 0 Å². The van der Waals surface area contributed by atoms with Crippen molar-refractivity contribution in [3.63, 3.8) is 0 Å². The zero-order chi connectivity index (χ0) is 18.1. The second-order valence-corrected chi connectivity index (χ2v) is 7.64. The Labute approximate surface area is 158 Å². The van der Waals surface area contributed by atoms with Crippen molar-refractivity contribution in [2.45, 2.75) is 26.8 Å². The molecule has 3 heteroatoms. The number of hydrogen-bond acceptors (Lipinski definition) is 1. The molecule has 27 heavy (non-hydrogen) atoms. The Morgan fingerprint density at radius 3 is 2.78 bits per heavy atom. The lowest BCUT2D eigenvalue weighted by atomic mass is 9.96. The second-order valence-electron chi connectivity index (χ2n) is 7.64. The third kappa shape index (κ3) is 1.91. The fraction of sp³-hybridized carbons (Fsp3) is 0.167. The third-order valence-electron chi connectivity index (χ3n) is 6.13. The largest absolute Gasteiger partial charge is 0.294 e. The lowest BCUT2D eigenvalue weighted by molar-refractivity contribution is -0.671. The molecule has 2 aliphatic rings. The molecule has 3 nitrogen and oxygen atoms in total. The van der Waals surface area contributed by atoms with Gasteiger partial charge in [0, 0.05) is 29.3 Å². The van der Waals surface area contributed by atoms with Crippen LogP contribution < -0.4 is 4.57 Å². The normalized spacial score (nSPS) is 13.3. The number of fused-ring (bicyclic) bond motifs is 6. The van der Waals surface area contributed by atoms with Crippen molar-refractivity contribution >= 4 is 0 Å². The molecular formula is C24H20N3+. The van der Waals surface area contributed by atoms with Gasteiger partial charge in [-0.25, -0.2) is 4.57 Å². The summed E-state index contributed by atoms with van der Waals surface area (Å²) in [5, 5.41) is 0. The molecule has 0 saturated carbocycles. The first kappa shape index (κ1) is 14.9. The van der Waals surface area contributed by atoms with Crippen LogP contribution in [0.1, 0.15) is 27.9 Å². The van der Waals surface area contributed by atoms with Crippen molar-refractivity contribution in [1.29, 1.82) is 0 Å². The number of pyridine rings is 1. The van der Waals surface area contributed by atoms with Gasteiger partial charge in [0.2, 0.25) is 0 Å². The zero-order valence-electron chi connectivity index (χ0n) is 15.5. The van der Waals surface area contributed by atoms with E-state index in [4.69, 9.17) is 0 Å². The molecule has 0 N–H and O–H groups in total. The minimum absolute atomic E-state index is 0.928. The summed E-state index contributed by atoms with van der Waals surface area (Å²) in [6.07, 6.45) is 7.25. The summed E-state index contributed by atoms with van der Waals surface area (Å²) >= 11 is 0. The zero-order valence-corrected chi connectivity index (χ0v) is 15.5. The van der Waals surface area contributed by atoms with Crippen LogP contribution in [0.4, 0.5) is 0 Å². The van der Waals surface area contributed by atoms with Gasteiger partial charge in [0.25, 0.3) is 5.82 Å². The quantitative estimate of drug-likeness (QED) is 0.403. The van der Waals surface area contributed by atoms with Crippen LogP contribution in [0.2, 0.25) is 0 Å². The van der Waals surface area contributed by atoms with Gasteiger partial charge in [-0.3, -0.25) is 4.98 Å². The molecule has 0 bridgehead atoms. The van der Waals surface area contributed by atoms with E-state index in [9.17, 15) is 0 Å². The van der Waals surface area contributed by atoms with Crippen molar-refractivity contribution in [3.05, 3.63) is 89.0 Å². The molecule has 1 aliphatic carbocycles. The summed E-state index contributed by atoms with van der Waals surface area (Å²) in [6, 6.07) is 15.3. The average molecular weight is 350 g/mol. The average Bonchev–Trinajstić information content (AvgIpc) is 3.34. The molecule has 0 amide bonds. The van der Waals surface area contributed by atoms with Gasteiger partial charge in [0.1, 0.15) is 24.6 Å². The molecule has 0 radical (unpaired) electrons. The van der Waals surface area contributed by atoms with Crippen LogP contribution in [0.5, 0.6) is 0 Å². The predicted molar refractivity (Wildman–Crippen MR) is 106 cm³/mol. The van der Waals surface area contributed by atoms with E-state index >= 15 is 0 Å². The second kappa shape index (κ2) is 5.17. The van der Waals surface area contributed by atoms with Crippen LogP contribution in [0.15, 0.2) is 61.1 Å². The Hall–Kier alpha value is -3.20. The predicted octanol–water partition coefficient (Wildman–Crippen LogP) is 4.38. The van der Waals surface area contributed by atoms with Crippen molar-refractivity contribution in [3.8, 4) is 28.2 Å². The summed E-state index contributed by atoms with van der Waals surface area (Å²) < 4.78 is 4.74. The van der Waals surface area contributed by atoms with Crippen LogP contribution in [-0.2, 0) is 13.0 Å². The maximum absolute atomic E-state index is 4.61. The van der Waals surface area contributed by atoms with Crippen LogP contribution in [0, 0.1) is 13.8 Å². The molecular weight excluding hydrogens is 330 g/mol. The number of nitrogens with zero attached hydrogens (tertiary/aromatic N) is 3. The van der Waals surface area contributed by atoms with Crippen LogP contribution in [-0.4, -0.2) is 9.55 Å². The highest BCUT2D eigenvalue weighted by Gasteiger charge is 2.32. The number of hydrogen-bond donors (Lipinski definition) is 0. The van der Waals surface area contributed by atoms with E-state index in [1.165, 1.54) is 56.1 Å². The molecule has 6 rings (SSSR count). The van der Waals surface area contributed by atoms with Gasteiger partial charge in [-0.05, 0) is 48.7 Å². The lowest BCUT2D eigenvalue weighted by Crippen LogP contribution is -2.30. The van der Waals surface area contributed by atoms with Crippen LogP contribution in [0.25, 0.3) is 28.2 Å². The molecule has 0 fully saturated rings. The van der Waals surface area contributed by atoms with Crippen molar-refractivity contribution in [2.24, 2.45) is 0 Å². The highest BCUT2D eigenvalue weighted by atomic mass is 15.2. The van der Waals surface area contributed by atoms with Gasteiger partial charge in [-0.2, -0.15) is 4.57 Å². The van der Waals surface area contributed by atoms with E-state index < -0.39 is 0 Å². The van der Waals surface area contributed by atoms with E-state index in [2.05, 4.69) is 76.8 Å². The highest BCUT2D eigenvalue weighted by molar-refractivity contribution is 5.80. The molecule has 130 valence electrons. The Morgan fingerprint density at radius 1 is 1.00 bits per heavy atom. The number of aromatic nitrogens is 3. The summed E-state index contributed by atoms with van der Waals surface area (Å²) in [5.41, 5.74) is 12.0. The maximum Gasteiger partial charge on any atom is 0.294 e. The maximum atomic E-state index is 4.61. The molecule has 0 unspecified atom stereocenters. The Morgan fingerprint density at radius 2 is 1.85 bits per heavy atom. The molecule has 0 atom stereocenters. The van der Waals surface area contributed by atoms with Gasteiger partial charge >= 0.3 is 0 Å². The van der Waals surface area contributed by atoms with E-state index in [0.717, 1.165) is 13.0 Å². The van der Waals surface area contributed by atoms with E-state index in [1.807, 2.05) is 12.3 Å². The molecule has 1 aliphatic heterocycles. The topological polar surface area (TPSA) is 21.7 Å².